The Morgan fingerprint density at radius 2 is 0.519 bits per heavy atom. The summed E-state index contributed by atoms with van der Waals surface area (Å²) in [5.74, 6) is -2.31. The average molecular weight is 1500 g/mol. The summed E-state index contributed by atoms with van der Waals surface area (Å²) in [4.78, 5) is 73.0. The van der Waals surface area contributed by atoms with E-state index in [1.807, 2.05) is 18.2 Å². The van der Waals surface area contributed by atoms with Crippen LogP contribution in [0.1, 0.15) is 323 Å². The Hall–Kier alpha value is -4.80. The molecule has 0 radical (unpaired) electrons. The number of unbranched alkanes of at least 4 members (excludes halogenated alkanes) is 27. The van der Waals surface area contributed by atoms with Gasteiger partial charge in [-0.2, -0.15) is 0 Å². The number of allylic oxidation sites excluding steroid dienone is 22. The standard InChI is InChI=1S/C85H144O17P2/c1-5-9-13-17-21-25-29-33-35-37-39-41-43-47-50-54-58-62-66-70-83(88)96-76-80(101-84(89)71-67-63-59-55-51-46-32-28-24-20-16-12-8-4)77-99-103(91,92)97-73-79(86)74-98-104(93,94)100-78-81(75-95-82(87)69-65-61-57-53-49-45-31-27-23-19-15-11-7-3)102-85(90)72-68-64-60-56-52-48-44-42-40-38-36-34-30-26-22-18-14-10-6-2/h9,13,21-22,25-26,28,32-36,39-42,47-48,50,52,60,64,79-81,86H,5-8,10-12,14-20,23-24,27,29-31,37-38,43-46,49,51,53-59,61-63,65-78H2,1-4H3,(H,91,92)(H,93,94)/b13-9-,25-21-,26-22-,32-28-,35-33-,36-34-,41-39-,42-40-,50-47-,52-48-,64-60-/t79-,80-,81-/m1/s1. The summed E-state index contributed by atoms with van der Waals surface area (Å²) in [7, 11) is -9.99. The molecule has 0 aliphatic rings. The summed E-state index contributed by atoms with van der Waals surface area (Å²) < 4.78 is 68.5. The Bertz CT molecular complexity index is 2490. The van der Waals surface area contributed by atoms with Gasteiger partial charge in [0.2, 0.25) is 0 Å². The van der Waals surface area contributed by atoms with Crippen LogP contribution >= 0.6 is 15.6 Å². The van der Waals surface area contributed by atoms with Gasteiger partial charge in [-0.3, -0.25) is 37.3 Å². The zero-order valence-corrected chi connectivity index (χ0v) is 66.9. The zero-order valence-electron chi connectivity index (χ0n) is 65.2. The van der Waals surface area contributed by atoms with E-state index in [1.54, 1.807) is 0 Å². The number of aliphatic hydroxyl groups excluding tert-OH is 1. The first-order valence-electron chi connectivity index (χ1n) is 40.4. The van der Waals surface area contributed by atoms with E-state index in [1.165, 1.54) is 96.3 Å². The summed E-state index contributed by atoms with van der Waals surface area (Å²) in [6.45, 7) is 4.60. The van der Waals surface area contributed by atoms with E-state index in [-0.39, 0.29) is 25.7 Å². The lowest BCUT2D eigenvalue weighted by Crippen LogP contribution is -2.30. The lowest BCUT2D eigenvalue weighted by Gasteiger charge is -2.21. The highest BCUT2D eigenvalue weighted by atomic mass is 31.2. The molecule has 0 saturated heterocycles. The topological polar surface area (TPSA) is 237 Å². The third kappa shape index (κ3) is 75.4. The van der Waals surface area contributed by atoms with Gasteiger partial charge < -0.3 is 33.8 Å². The van der Waals surface area contributed by atoms with Crippen LogP contribution in [0.5, 0.6) is 0 Å². The van der Waals surface area contributed by atoms with E-state index < -0.39 is 97.5 Å². The molecule has 0 saturated carbocycles. The smallest absolute Gasteiger partial charge is 0.462 e. The Morgan fingerprint density at radius 3 is 0.875 bits per heavy atom. The van der Waals surface area contributed by atoms with Crippen molar-refractivity contribution in [3.05, 3.63) is 134 Å². The third-order valence-corrected chi connectivity index (χ3v) is 18.5. The van der Waals surface area contributed by atoms with Gasteiger partial charge >= 0.3 is 39.5 Å². The highest BCUT2D eigenvalue weighted by Gasteiger charge is 2.30. The van der Waals surface area contributed by atoms with E-state index in [2.05, 4.69) is 143 Å². The number of phosphoric acid groups is 2. The maximum Gasteiger partial charge on any atom is 0.472 e. The fraction of sp³-hybridized carbons (Fsp3) is 0.694. The van der Waals surface area contributed by atoms with Crippen molar-refractivity contribution in [2.24, 2.45) is 0 Å². The molecule has 104 heavy (non-hydrogen) atoms. The number of ether oxygens (including phenoxy) is 4. The monoisotopic (exact) mass is 1500 g/mol. The van der Waals surface area contributed by atoms with Gasteiger partial charge in [0.15, 0.2) is 12.2 Å². The van der Waals surface area contributed by atoms with Gasteiger partial charge in [-0.15, -0.1) is 0 Å². The van der Waals surface area contributed by atoms with E-state index >= 15 is 0 Å². The normalized spacial score (nSPS) is 14.6. The molecule has 0 aromatic carbocycles. The minimum absolute atomic E-state index is 0.0297. The molecule has 3 N–H and O–H groups in total. The molecule has 0 bridgehead atoms. The molecule has 0 aliphatic heterocycles. The Morgan fingerprint density at radius 1 is 0.279 bits per heavy atom. The van der Waals surface area contributed by atoms with Crippen LogP contribution in [0.4, 0.5) is 0 Å². The fourth-order valence-electron chi connectivity index (χ4n) is 10.5. The largest absolute Gasteiger partial charge is 0.472 e. The van der Waals surface area contributed by atoms with Gasteiger partial charge in [0.25, 0.3) is 0 Å². The molecule has 2 unspecified atom stereocenters. The lowest BCUT2D eigenvalue weighted by atomic mass is 10.0. The van der Waals surface area contributed by atoms with Crippen molar-refractivity contribution in [2.75, 3.05) is 39.6 Å². The van der Waals surface area contributed by atoms with E-state index in [0.29, 0.717) is 32.1 Å². The molecular weight excluding hydrogens is 1350 g/mol. The minimum atomic E-state index is -5.00. The van der Waals surface area contributed by atoms with Gasteiger partial charge in [-0.05, 0) is 135 Å². The first-order valence-corrected chi connectivity index (χ1v) is 43.4. The second-order valence-corrected chi connectivity index (χ2v) is 29.5. The van der Waals surface area contributed by atoms with Gasteiger partial charge in [0.05, 0.1) is 26.4 Å². The number of aliphatic hydroxyl groups is 1. The molecule has 5 atom stereocenters. The maximum absolute atomic E-state index is 13.1. The summed E-state index contributed by atoms with van der Waals surface area (Å²) in [5.41, 5.74) is 0. The van der Waals surface area contributed by atoms with Crippen molar-refractivity contribution in [1.29, 1.82) is 0 Å². The van der Waals surface area contributed by atoms with Gasteiger partial charge in [-0.25, -0.2) is 9.13 Å². The fourth-order valence-corrected chi connectivity index (χ4v) is 12.0. The van der Waals surface area contributed by atoms with Gasteiger partial charge in [0.1, 0.15) is 19.3 Å². The van der Waals surface area contributed by atoms with Crippen LogP contribution in [-0.2, 0) is 65.4 Å². The van der Waals surface area contributed by atoms with Gasteiger partial charge in [0, 0.05) is 25.7 Å². The summed E-state index contributed by atoms with van der Waals surface area (Å²) >= 11 is 0. The molecule has 0 aromatic heterocycles. The Kier molecular flexibility index (Phi) is 72.9. The Balaban J connectivity index is 5.44. The molecule has 0 heterocycles. The first kappa shape index (κ1) is 99.2. The summed E-state index contributed by atoms with van der Waals surface area (Å²) in [6.07, 6.45) is 85.9. The first-order chi connectivity index (χ1) is 50.7. The number of rotatable bonds is 75. The highest BCUT2D eigenvalue weighted by Crippen LogP contribution is 2.45. The number of hydrogen-bond acceptors (Lipinski definition) is 15. The lowest BCUT2D eigenvalue weighted by molar-refractivity contribution is -0.161. The zero-order chi connectivity index (χ0) is 76.0. The van der Waals surface area contributed by atoms with Crippen LogP contribution in [0.25, 0.3) is 0 Å². The molecule has 596 valence electrons. The number of hydrogen-bond donors (Lipinski definition) is 3. The van der Waals surface area contributed by atoms with Crippen LogP contribution in [0, 0.1) is 0 Å². The Labute approximate surface area is 631 Å². The van der Waals surface area contributed by atoms with Crippen molar-refractivity contribution < 1.29 is 80.2 Å². The van der Waals surface area contributed by atoms with E-state index in [4.69, 9.17) is 37.0 Å². The third-order valence-electron chi connectivity index (χ3n) is 16.6. The summed E-state index contributed by atoms with van der Waals surface area (Å²) in [6, 6.07) is 0. The van der Waals surface area contributed by atoms with Crippen LogP contribution in [0.3, 0.4) is 0 Å². The maximum atomic E-state index is 13.1. The average Bonchev–Trinajstić information content (AvgIpc) is 0.926. The molecule has 0 spiro atoms. The van der Waals surface area contributed by atoms with Crippen LogP contribution < -0.4 is 0 Å². The highest BCUT2D eigenvalue weighted by molar-refractivity contribution is 7.47. The predicted octanol–water partition coefficient (Wildman–Crippen LogP) is 23.7. The minimum Gasteiger partial charge on any atom is -0.462 e. The van der Waals surface area contributed by atoms with Crippen LogP contribution in [0.15, 0.2) is 134 Å². The predicted molar refractivity (Wildman–Crippen MR) is 427 cm³/mol. The van der Waals surface area contributed by atoms with Crippen molar-refractivity contribution in [3.8, 4) is 0 Å². The molecule has 0 fully saturated rings. The van der Waals surface area contributed by atoms with Crippen molar-refractivity contribution >= 4 is 39.5 Å². The number of carbonyl (C=O) groups excluding carboxylic acids is 4. The van der Waals surface area contributed by atoms with Crippen molar-refractivity contribution in [2.45, 2.75) is 341 Å². The second-order valence-electron chi connectivity index (χ2n) is 26.6. The van der Waals surface area contributed by atoms with Crippen LogP contribution in [0.2, 0.25) is 0 Å². The molecule has 0 amide bonds. The second kappa shape index (κ2) is 76.4. The van der Waals surface area contributed by atoms with Crippen molar-refractivity contribution in [3.63, 3.8) is 0 Å². The number of phosphoric ester groups is 2. The molecule has 17 nitrogen and oxygen atoms in total. The molecular formula is C85H144O17P2. The number of carbonyl (C=O) groups is 4. The summed E-state index contributed by atoms with van der Waals surface area (Å²) in [5, 5.41) is 10.6. The van der Waals surface area contributed by atoms with Crippen LogP contribution in [-0.4, -0.2) is 96.7 Å². The van der Waals surface area contributed by atoms with Crippen molar-refractivity contribution in [1.82, 2.24) is 0 Å². The molecule has 19 heteroatoms. The molecule has 0 aromatic rings. The van der Waals surface area contributed by atoms with E-state index in [0.717, 1.165) is 141 Å². The molecule has 0 rings (SSSR count). The SMILES string of the molecule is CC/C=C\C/C=C\C/C=C\C/C=C\C/C=C\CCCCCC(=O)OC[C@H](COP(=O)(O)OC[C@@H](O)COP(=O)(O)OC[C@@H](COC(=O)CCCCCCCCCCCCCCC)OC(=O)CC/C=C\C/C=C\C/C=C\C/C=C\C/C=C\CCCCC)OC(=O)CCCCCCC/C=C\CCCCCC. The van der Waals surface area contributed by atoms with E-state index in [9.17, 15) is 43.2 Å². The number of esters is 4. The van der Waals surface area contributed by atoms with Gasteiger partial charge in [-0.1, -0.05) is 296 Å². The quantitative estimate of drug-likeness (QED) is 0.0169. The molecule has 0 aliphatic carbocycles.